The average Bonchev–Trinajstić information content (AvgIpc) is 2.60. The van der Waals surface area contributed by atoms with Gasteiger partial charge in [0.15, 0.2) is 0 Å². The number of nitrogens with zero attached hydrogens (tertiary/aromatic N) is 1. The van der Waals surface area contributed by atoms with Crippen LogP contribution in [0.1, 0.15) is 24.2 Å². The van der Waals surface area contributed by atoms with Crippen molar-refractivity contribution in [3.05, 3.63) is 75.8 Å². The number of non-ortho nitro benzene ring substituents is 1. The molecule has 2 rings (SSSR count). The van der Waals surface area contributed by atoms with Gasteiger partial charge in [-0.1, -0.05) is 24.3 Å². The van der Waals surface area contributed by atoms with Crippen LogP contribution in [0.4, 0.5) is 5.69 Å². The largest absolute Gasteiger partial charge is 0.455 e. The SMILES string of the molecule is CSc1ccc(/C=C/C(=O)O[C@@H](C)c2cccc([N+](=O)[O-])c2)cc1. The Morgan fingerprint density at radius 3 is 2.58 bits per heavy atom. The summed E-state index contributed by atoms with van der Waals surface area (Å²) in [6.07, 6.45) is 4.45. The van der Waals surface area contributed by atoms with Crippen LogP contribution in [0.5, 0.6) is 0 Å². The van der Waals surface area contributed by atoms with Gasteiger partial charge in [-0.25, -0.2) is 4.79 Å². The molecule has 0 saturated carbocycles. The number of hydrogen-bond donors (Lipinski definition) is 0. The molecule has 2 aromatic carbocycles. The third-order valence-corrected chi connectivity index (χ3v) is 4.11. The highest BCUT2D eigenvalue weighted by Gasteiger charge is 2.13. The Morgan fingerprint density at radius 2 is 1.96 bits per heavy atom. The van der Waals surface area contributed by atoms with Crippen molar-refractivity contribution in [2.45, 2.75) is 17.9 Å². The summed E-state index contributed by atoms with van der Waals surface area (Å²) in [5.41, 5.74) is 1.45. The van der Waals surface area contributed by atoms with E-state index in [9.17, 15) is 14.9 Å². The third-order valence-electron chi connectivity index (χ3n) is 3.37. The van der Waals surface area contributed by atoms with E-state index in [0.717, 1.165) is 10.5 Å². The molecule has 0 aliphatic rings. The number of ether oxygens (including phenoxy) is 1. The van der Waals surface area contributed by atoms with Crippen molar-refractivity contribution in [3.63, 3.8) is 0 Å². The quantitative estimate of drug-likeness (QED) is 0.251. The molecule has 0 unspecified atom stereocenters. The van der Waals surface area contributed by atoms with Gasteiger partial charge in [0.25, 0.3) is 5.69 Å². The monoisotopic (exact) mass is 343 g/mol. The summed E-state index contributed by atoms with van der Waals surface area (Å²) >= 11 is 1.65. The Labute approximate surface area is 144 Å². The number of thioether (sulfide) groups is 1. The molecule has 0 heterocycles. The highest BCUT2D eigenvalue weighted by Crippen LogP contribution is 2.22. The molecule has 0 aromatic heterocycles. The summed E-state index contributed by atoms with van der Waals surface area (Å²) in [5, 5.41) is 10.8. The molecule has 0 radical (unpaired) electrons. The van der Waals surface area contributed by atoms with E-state index < -0.39 is 17.0 Å². The van der Waals surface area contributed by atoms with Gasteiger partial charge in [0, 0.05) is 23.1 Å². The Morgan fingerprint density at radius 1 is 1.25 bits per heavy atom. The first kappa shape index (κ1) is 17.7. The first-order valence-corrected chi connectivity index (χ1v) is 8.49. The van der Waals surface area contributed by atoms with Crippen molar-refractivity contribution in [2.75, 3.05) is 6.26 Å². The normalized spacial score (nSPS) is 12.1. The summed E-state index contributed by atoms with van der Waals surface area (Å²) in [4.78, 5) is 23.4. The molecule has 0 fully saturated rings. The van der Waals surface area contributed by atoms with Gasteiger partial charge < -0.3 is 4.74 Å². The zero-order valence-electron chi connectivity index (χ0n) is 13.3. The molecular formula is C18H17NO4S. The number of carbonyl (C=O) groups excluding carboxylic acids is 1. The summed E-state index contributed by atoms with van der Waals surface area (Å²) in [6.45, 7) is 1.68. The van der Waals surface area contributed by atoms with Gasteiger partial charge >= 0.3 is 5.97 Å². The lowest BCUT2D eigenvalue weighted by molar-refractivity contribution is -0.385. The smallest absolute Gasteiger partial charge is 0.331 e. The third kappa shape index (κ3) is 4.96. The first-order valence-electron chi connectivity index (χ1n) is 7.26. The predicted octanol–water partition coefficient (Wildman–Crippen LogP) is 4.63. The summed E-state index contributed by atoms with van der Waals surface area (Å²) in [6, 6.07) is 13.8. The second-order valence-electron chi connectivity index (χ2n) is 5.04. The van der Waals surface area contributed by atoms with Gasteiger partial charge in [0.05, 0.1) is 4.92 Å². The zero-order valence-corrected chi connectivity index (χ0v) is 14.2. The van der Waals surface area contributed by atoms with Crippen molar-refractivity contribution in [1.82, 2.24) is 0 Å². The average molecular weight is 343 g/mol. The molecule has 2 aromatic rings. The van der Waals surface area contributed by atoms with Crippen LogP contribution in [0, 0.1) is 10.1 Å². The van der Waals surface area contributed by atoms with Crippen LogP contribution in [-0.4, -0.2) is 17.1 Å². The lowest BCUT2D eigenvalue weighted by atomic mass is 10.1. The zero-order chi connectivity index (χ0) is 17.5. The summed E-state index contributed by atoms with van der Waals surface area (Å²) < 4.78 is 5.29. The highest BCUT2D eigenvalue weighted by atomic mass is 32.2. The molecule has 1 atom stereocenters. The van der Waals surface area contributed by atoms with E-state index >= 15 is 0 Å². The van der Waals surface area contributed by atoms with Gasteiger partial charge in [-0.05, 0) is 42.5 Å². The maximum Gasteiger partial charge on any atom is 0.331 e. The Bertz CT molecular complexity index is 756. The molecule has 0 aliphatic heterocycles. The molecule has 0 amide bonds. The highest BCUT2D eigenvalue weighted by molar-refractivity contribution is 7.98. The standard InChI is InChI=1S/C18H17NO4S/c1-13(15-4-3-5-16(12-15)19(21)22)23-18(20)11-8-14-6-9-17(24-2)10-7-14/h3-13H,1-2H3/b11-8+/t13-/m0/s1. The molecule has 0 bridgehead atoms. The molecule has 24 heavy (non-hydrogen) atoms. The maximum absolute atomic E-state index is 11.9. The molecule has 0 saturated heterocycles. The molecule has 0 aliphatic carbocycles. The van der Waals surface area contributed by atoms with Crippen LogP contribution in [0.25, 0.3) is 6.08 Å². The number of carbonyl (C=O) groups is 1. The lowest BCUT2D eigenvalue weighted by Gasteiger charge is -2.11. The van der Waals surface area contributed by atoms with Crippen molar-refractivity contribution in [2.24, 2.45) is 0 Å². The minimum atomic E-state index is -0.569. The van der Waals surface area contributed by atoms with Crippen LogP contribution in [-0.2, 0) is 9.53 Å². The number of esters is 1. The van der Waals surface area contributed by atoms with Gasteiger partial charge in [-0.15, -0.1) is 11.8 Å². The second-order valence-corrected chi connectivity index (χ2v) is 5.92. The minimum Gasteiger partial charge on any atom is -0.455 e. The number of rotatable bonds is 6. The van der Waals surface area contributed by atoms with Crippen molar-refractivity contribution in [1.29, 1.82) is 0 Å². The fourth-order valence-corrected chi connectivity index (χ4v) is 2.46. The van der Waals surface area contributed by atoms with Crippen LogP contribution < -0.4 is 0 Å². The van der Waals surface area contributed by atoms with E-state index in [4.69, 9.17) is 4.74 Å². The van der Waals surface area contributed by atoms with Crippen molar-refractivity contribution >= 4 is 29.5 Å². The Hall–Kier alpha value is -2.60. The number of nitro groups is 1. The lowest BCUT2D eigenvalue weighted by Crippen LogP contribution is -2.06. The second kappa shape index (κ2) is 8.31. The fraction of sp³-hybridized carbons (Fsp3) is 0.167. The summed E-state index contributed by atoms with van der Waals surface area (Å²) in [5.74, 6) is -0.497. The number of benzene rings is 2. The molecule has 124 valence electrons. The van der Waals surface area contributed by atoms with E-state index in [2.05, 4.69) is 0 Å². The van der Waals surface area contributed by atoms with E-state index in [1.54, 1.807) is 36.9 Å². The Balaban J connectivity index is 1.99. The van der Waals surface area contributed by atoms with Crippen molar-refractivity contribution < 1.29 is 14.5 Å². The molecule has 5 nitrogen and oxygen atoms in total. The molecule has 0 spiro atoms. The van der Waals surface area contributed by atoms with Crippen LogP contribution >= 0.6 is 11.8 Å². The molecule has 0 N–H and O–H groups in total. The summed E-state index contributed by atoms with van der Waals surface area (Å²) in [7, 11) is 0. The van der Waals surface area contributed by atoms with Crippen LogP contribution in [0.2, 0.25) is 0 Å². The first-order chi connectivity index (χ1) is 11.5. The van der Waals surface area contributed by atoms with Gasteiger partial charge in [-0.3, -0.25) is 10.1 Å². The minimum absolute atomic E-state index is 0.0279. The van der Waals surface area contributed by atoms with E-state index in [0.29, 0.717) is 5.56 Å². The van der Waals surface area contributed by atoms with E-state index in [-0.39, 0.29) is 5.69 Å². The predicted molar refractivity (Wildman–Crippen MR) is 94.9 cm³/mol. The van der Waals surface area contributed by atoms with Crippen molar-refractivity contribution in [3.8, 4) is 0 Å². The fourth-order valence-electron chi connectivity index (χ4n) is 2.05. The number of nitro benzene ring substituents is 1. The van der Waals surface area contributed by atoms with E-state index in [1.165, 1.54) is 18.2 Å². The van der Waals surface area contributed by atoms with Gasteiger partial charge in [0.1, 0.15) is 6.10 Å². The number of hydrogen-bond acceptors (Lipinski definition) is 5. The van der Waals surface area contributed by atoms with Crippen LogP contribution in [0.15, 0.2) is 59.5 Å². The van der Waals surface area contributed by atoms with Crippen LogP contribution in [0.3, 0.4) is 0 Å². The van der Waals surface area contributed by atoms with E-state index in [1.807, 2.05) is 30.5 Å². The topological polar surface area (TPSA) is 69.4 Å². The Kier molecular flexibility index (Phi) is 6.14. The molecular weight excluding hydrogens is 326 g/mol. The maximum atomic E-state index is 11.9. The van der Waals surface area contributed by atoms with Gasteiger partial charge in [-0.2, -0.15) is 0 Å². The van der Waals surface area contributed by atoms with Gasteiger partial charge in [0.2, 0.25) is 0 Å². The molecule has 6 heteroatoms.